The van der Waals surface area contributed by atoms with Crippen LogP contribution in [-0.2, 0) is 14.4 Å². The molecule has 0 aromatic heterocycles. The van der Waals surface area contributed by atoms with Crippen LogP contribution in [0.25, 0.3) is 0 Å². The summed E-state index contributed by atoms with van der Waals surface area (Å²) in [5, 5.41) is 14.3. The molecule has 0 aliphatic heterocycles. The molecule has 0 saturated carbocycles. The van der Waals surface area contributed by atoms with Gasteiger partial charge in [-0.3, -0.25) is 9.59 Å². The first-order chi connectivity index (χ1) is 13.5. The Bertz CT molecular complexity index is 589. The number of carbonyl (C=O) groups excluding carboxylic acids is 2. The third-order valence-electron chi connectivity index (χ3n) is 4.64. The summed E-state index contributed by atoms with van der Waals surface area (Å²) >= 11 is 0. The third kappa shape index (κ3) is 10.7. The number of benzene rings is 1. The van der Waals surface area contributed by atoms with Gasteiger partial charge in [-0.05, 0) is 12.0 Å². The molecular weight excluding hydrogens is 356 g/mol. The molecule has 0 aliphatic carbocycles. The molecule has 0 heterocycles. The lowest BCUT2D eigenvalue weighted by molar-refractivity contribution is -0.141. The van der Waals surface area contributed by atoms with Crippen LogP contribution in [-0.4, -0.2) is 29.4 Å². The summed E-state index contributed by atoms with van der Waals surface area (Å²) in [5.74, 6) is -1.83. The van der Waals surface area contributed by atoms with Crippen molar-refractivity contribution in [1.82, 2.24) is 10.6 Å². The maximum Gasteiger partial charge on any atom is 0.330 e. The molecule has 1 aromatic rings. The van der Waals surface area contributed by atoms with Crippen molar-refractivity contribution in [1.29, 1.82) is 0 Å². The molecule has 1 aromatic carbocycles. The highest BCUT2D eigenvalue weighted by atomic mass is 16.4. The number of hydrogen-bond acceptors (Lipinski definition) is 3. The average molecular weight is 391 g/mol. The lowest BCUT2D eigenvalue weighted by Crippen LogP contribution is -2.40. The minimum atomic E-state index is -1.14. The van der Waals surface area contributed by atoms with Crippen molar-refractivity contribution in [2.75, 3.05) is 6.54 Å². The smallest absolute Gasteiger partial charge is 0.330 e. The van der Waals surface area contributed by atoms with Gasteiger partial charge in [-0.15, -0.1) is 0 Å². The lowest BCUT2D eigenvalue weighted by atomic mass is 10.1. The Morgan fingerprint density at radius 2 is 1.43 bits per heavy atom. The Kier molecular flexibility index (Phi) is 12.4. The van der Waals surface area contributed by atoms with E-state index in [2.05, 4.69) is 17.6 Å². The Balaban J connectivity index is 2.15. The number of carbonyl (C=O) groups is 3. The molecule has 1 unspecified atom stereocenters. The van der Waals surface area contributed by atoms with Crippen molar-refractivity contribution >= 4 is 17.8 Å². The van der Waals surface area contributed by atoms with Crippen molar-refractivity contribution in [3.8, 4) is 0 Å². The summed E-state index contributed by atoms with van der Waals surface area (Å²) in [5.41, 5.74) is 0.490. The molecule has 0 saturated heterocycles. The second-order valence-electron chi connectivity index (χ2n) is 7.10. The summed E-state index contributed by atoms with van der Waals surface area (Å²) in [7, 11) is 0. The summed E-state index contributed by atoms with van der Waals surface area (Å²) in [6.45, 7) is 2.00. The molecule has 28 heavy (non-hydrogen) atoms. The SMILES string of the molecule is CCCCCCCCCCCC(=O)NCC(=O)NC(C(=O)O)c1ccccc1. The van der Waals surface area contributed by atoms with E-state index < -0.39 is 17.9 Å². The normalized spacial score (nSPS) is 11.6. The highest BCUT2D eigenvalue weighted by Gasteiger charge is 2.21. The van der Waals surface area contributed by atoms with E-state index in [0.717, 1.165) is 19.3 Å². The summed E-state index contributed by atoms with van der Waals surface area (Å²) in [4.78, 5) is 35.2. The molecule has 0 radical (unpaired) electrons. The van der Waals surface area contributed by atoms with Gasteiger partial charge in [0.15, 0.2) is 6.04 Å². The van der Waals surface area contributed by atoms with Gasteiger partial charge in [0.05, 0.1) is 6.54 Å². The number of rotatable bonds is 15. The molecule has 1 rings (SSSR count). The summed E-state index contributed by atoms with van der Waals surface area (Å²) < 4.78 is 0. The van der Waals surface area contributed by atoms with Gasteiger partial charge in [0, 0.05) is 6.42 Å². The molecule has 6 nitrogen and oxygen atoms in total. The maximum atomic E-state index is 12.0. The summed E-state index contributed by atoms with van der Waals surface area (Å²) in [6, 6.07) is 7.36. The van der Waals surface area contributed by atoms with Crippen LogP contribution in [0.3, 0.4) is 0 Å². The van der Waals surface area contributed by atoms with Gasteiger partial charge in [-0.1, -0.05) is 88.6 Å². The fourth-order valence-electron chi connectivity index (χ4n) is 3.01. The average Bonchev–Trinajstić information content (AvgIpc) is 2.69. The first kappa shape index (κ1) is 23.7. The number of aliphatic carboxylic acids is 1. The molecule has 0 aliphatic rings. The van der Waals surface area contributed by atoms with Gasteiger partial charge < -0.3 is 15.7 Å². The van der Waals surface area contributed by atoms with Gasteiger partial charge in [-0.2, -0.15) is 0 Å². The van der Waals surface area contributed by atoms with Crippen LogP contribution in [0.5, 0.6) is 0 Å². The molecule has 0 fully saturated rings. The number of carboxylic acid groups (broad SMARTS) is 1. The van der Waals surface area contributed by atoms with Gasteiger partial charge in [-0.25, -0.2) is 4.79 Å². The number of nitrogens with one attached hydrogen (secondary N) is 2. The highest BCUT2D eigenvalue weighted by Crippen LogP contribution is 2.12. The Labute approximate surface area is 168 Å². The van der Waals surface area contributed by atoms with Crippen molar-refractivity contribution in [2.45, 2.75) is 77.2 Å². The van der Waals surface area contributed by atoms with Gasteiger partial charge in [0.2, 0.25) is 11.8 Å². The Morgan fingerprint density at radius 1 is 0.857 bits per heavy atom. The van der Waals surface area contributed by atoms with Crippen LogP contribution in [0.4, 0.5) is 0 Å². The van der Waals surface area contributed by atoms with Crippen molar-refractivity contribution in [3.05, 3.63) is 35.9 Å². The van der Waals surface area contributed by atoms with Crippen LogP contribution in [0.1, 0.15) is 82.7 Å². The second-order valence-corrected chi connectivity index (χ2v) is 7.10. The minimum absolute atomic E-state index is 0.176. The number of carboxylic acids is 1. The van der Waals surface area contributed by atoms with Crippen LogP contribution in [0.2, 0.25) is 0 Å². The van der Waals surface area contributed by atoms with Crippen LogP contribution in [0, 0.1) is 0 Å². The van der Waals surface area contributed by atoms with E-state index in [-0.39, 0.29) is 12.5 Å². The summed E-state index contributed by atoms with van der Waals surface area (Å²) in [6.07, 6.45) is 11.0. The fourth-order valence-corrected chi connectivity index (χ4v) is 3.01. The zero-order valence-electron chi connectivity index (χ0n) is 16.9. The number of amides is 2. The first-order valence-electron chi connectivity index (χ1n) is 10.4. The van der Waals surface area contributed by atoms with Crippen molar-refractivity contribution in [3.63, 3.8) is 0 Å². The predicted octanol–water partition coefficient (Wildman–Crippen LogP) is 3.97. The molecular formula is C22H34N2O4. The van der Waals surface area contributed by atoms with E-state index in [1.807, 2.05) is 0 Å². The van der Waals surface area contributed by atoms with E-state index in [0.29, 0.717) is 12.0 Å². The fraction of sp³-hybridized carbons (Fsp3) is 0.591. The van der Waals surface area contributed by atoms with Gasteiger partial charge >= 0.3 is 5.97 Å². The van der Waals surface area contributed by atoms with Crippen LogP contribution < -0.4 is 10.6 Å². The van der Waals surface area contributed by atoms with E-state index in [1.54, 1.807) is 30.3 Å². The van der Waals surface area contributed by atoms with E-state index in [9.17, 15) is 19.5 Å². The van der Waals surface area contributed by atoms with Gasteiger partial charge in [0.1, 0.15) is 0 Å². The highest BCUT2D eigenvalue weighted by molar-refractivity contribution is 5.88. The topological polar surface area (TPSA) is 95.5 Å². The predicted molar refractivity (Wildman–Crippen MR) is 110 cm³/mol. The third-order valence-corrected chi connectivity index (χ3v) is 4.64. The lowest BCUT2D eigenvalue weighted by Gasteiger charge is -2.15. The van der Waals surface area contributed by atoms with E-state index in [1.165, 1.54) is 38.5 Å². The van der Waals surface area contributed by atoms with E-state index in [4.69, 9.17) is 0 Å². The molecule has 6 heteroatoms. The number of unbranched alkanes of at least 4 members (excludes halogenated alkanes) is 8. The zero-order chi connectivity index (χ0) is 20.6. The van der Waals surface area contributed by atoms with Gasteiger partial charge in [0.25, 0.3) is 0 Å². The van der Waals surface area contributed by atoms with Crippen LogP contribution >= 0.6 is 0 Å². The standard InChI is InChI=1S/C22H34N2O4/c1-2-3-4-5-6-7-8-9-13-16-19(25)23-17-20(26)24-21(22(27)28)18-14-11-10-12-15-18/h10-12,14-15,21H,2-9,13,16-17H2,1H3,(H,23,25)(H,24,26)(H,27,28). The molecule has 2 amide bonds. The Hall–Kier alpha value is -2.37. The largest absolute Gasteiger partial charge is 0.479 e. The second kappa shape index (κ2) is 14.7. The van der Waals surface area contributed by atoms with Crippen molar-refractivity contribution in [2.24, 2.45) is 0 Å². The molecule has 1 atom stereocenters. The Morgan fingerprint density at radius 3 is 2.00 bits per heavy atom. The zero-order valence-corrected chi connectivity index (χ0v) is 16.9. The molecule has 156 valence electrons. The number of hydrogen-bond donors (Lipinski definition) is 3. The molecule has 0 spiro atoms. The maximum absolute atomic E-state index is 12.0. The van der Waals surface area contributed by atoms with Crippen LogP contribution in [0.15, 0.2) is 30.3 Å². The van der Waals surface area contributed by atoms with Crippen molar-refractivity contribution < 1.29 is 19.5 Å². The molecule has 3 N–H and O–H groups in total. The minimum Gasteiger partial charge on any atom is -0.479 e. The monoisotopic (exact) mass is 390 g/mol. The first-order valence-corrected chi connectivity index (χ1v) is 10.4. The quantitative estimate of drug-likeness (QED) is 0.395. The van der Waals surface area contributed by atoms with E-state index >= 15 is 0 Å². The molecule has 0 bridgehead atoms.